The van der Waals surface area contributed by atoms with Gasteiger partial charge in [-0.2, -0.15) is 0 Å². The van der Waals surface area contributed by atoms with Crippen LogP contribution in [0.2, 0.25) is 0 Å². The van der Waals surface area contributed by atoms with E-state index in [-0.39, 0.29) is 24.9 Å². The van der Waals surface area contributed by atoms with Crippen molar-refractivity contribution in [2.24, 2.45) is 5.73 Å². The zero-order chi connectivity index (χ0) is 7.98. The van der Waals surface area contributed by atoms with Crippen molar-refractivity contribution in [3.63, 3.8) is 0 Å². The summed E-state index contributed by atoms with van der Waals surface area (Å²) in [5.41, 5.74) is 5.57. The summed E-state index contributed by atoms with van der Waals surface area (Å²) in [6.45, 7) is 2.04. The number of hydrogen-bond acceptors (Lipinski definition) is 2. The third-order valence-electron chi connectivity index (χ3n) is 1.39. The van der Waals surface area contributed by atoms with Crippen LogP contribution in [0.1, 0.15) is 32.6 Å². The van der Waals surface area contributed by atoms with Crippen LogP contribution in [-0.4, -0.2) is 17.1 Å². The Bertz CT molecular complexity index is 109. The van der Waals surface area contributed by atoms with E-state index in [1.54, 1.807) is 0 Å². The van der Waals surface area contributed by atoms with E-state index < -0.39 is 5.97 Å². The van der Waals surface area contributed by atoms with E-state index in [2.05, 4.69) is 0 Å². The highest BCUT2D eigenvalue weighted by atomic mass is 35.5. The molecule has 0 heterocycles. The van der Waals surface area contributed by atoms with Gasteiger partial charge >= 0.3 is 5.97 Å². The molecule has 0 saturated carbocycles. The molecule has 1 atom stereocenters. The highest BCUT2D eigenvalue weighted by Crippen LogP contribution is 2.00. The second-order valence-corrected chi connectivity index (χ2v) is 2.48. The van der Waals surface area contributed by atoms with Gasteiger partial charge in [0, 0.05) is 12.5 Å². The minimum atomic E-state index is -0.758. The standard InChI is InChI=1S/C7H15NO2.ClH/c1-2-3-6(8)4-5-7(9)10;/h6H,2-5,8H2,1H3,(H,9,10);1H. The first-order chi connectivity index (χ1) is 4.66. The Morgan fingerprint density at radius 3 is 2.45 bits per heavy atom. The van der Waals surface area contributed by atoms with E-state index >= 15 is 0 Å². The van der Waals surface area contributed by atoms with Crippen molar-refractivity contribution >= 4 is 18.4 Å². The molecule has 11 heavy (non-hydrogen) atoms. The lowest BCUT2D eigenvalue weighted by Crippen LogP contribution is -2.20. The Hall–Kier alpha value is -0.280. The predicted molar refractivity (Wildman–Crippen MR) is 47.0 cm³/mol. The molecule has 0 amide bonds. The minimum Gasteiger partial charge on any atom is -0.481 e. The summed E-state index contributed by atoms with van der Waals surface area (Å²) < 4.78 is 0. The van der Waals surface area contributed by atoms with Crippen LogP contribution < -0.4 is 5.73 Å². The number of aliphatic carboxylic acids is 1. The van der Waals surface area contributed by atoms with Gasteiger partial charge in [-0.1, -0.05) is 13.3 Å². The molecule has 0 radical (unpaired) electrons. The van der Waals surface area contributed by atoms with Crippen LogP contribution in [-0.2, 0) is 4.79 Å². The van der Waals surface area contributed by atoms with Crippen molar-refractivity contribution < 1.29 is 9.90 Å². The molecule has 0 fully saturated rings. The largest absolute Gasteiger partial charge is 0.481 e. The number of carboxylic acid groups (broad SMARTS) is 1. The Morgan fingerprint density at radius 1 is 1.55 bits per heavy atom. The van der Waals surface area contributed by atoms with Gasteiger partial charge in [-0.25, -0.2) is 0 Å². The molecule has 0 rings (SSSR count). The van der Waals surface area contributed by atoms with Crippen LogP contribution in [0, 0.1) is 0 Å². The second kappa shape index (κ2) is 7.82. The predicted octanol–water partition coefficient (Wildman–Crippen LogP) is 1.40. The molecule has 0 aliphatic heterocycles. The second-order valence-electron chi connectivity index (χ2n) is 2.48. The molecule has 0 aromatic rings. The van der Waals surface area contributed by atoms with Crippen molar-refractivity contribution in [2.45, 2.75) is 38.6 Å². The molecule has 0 bridgehead atoms. The Labute approximate surface area is 73.4 Å². The van der Waals surface area contributed by atoms with Crippen molar-refractivity contribution in [1.82, 2.24) is 0 Å². The van der Waals surface area contributed by atoms with Gasteiger partial charge in [0.2, 0.25) is 0 Å². The fourth-order valence-corrected chi connectivity index (χ4v) is 0.824. The zero-order valence-corrected chi connectivity index (χ0v) is 7.56. The van der Waals surface area contributed by atoms with Gasteiger partial charge in [0.25, 0.3) is 0 Å². The number of carboxylic acids is 1. The van der Waals surface area contributed by atoms with Gasteiger partial charge in [-0.05, 0) is 12.8 Å². The monoisotopic (exact) mass is 181 g/mol. The summed E-state index contributed by atoms with van der Waals surface area (Å²) in [5.74, 6) is -0.758. The molecule has 0 aromatic carbocycles. The number of nitrogens with two attached hydrogens (primary N) is 1. The van der Waals surface area contributed by atoms with Gasteiger partial charge in [0.15, 0.2) is 0 Å². The molecule has 68 valence electrons. The maximum atomic E-state index is 10.1. The van der Waals surface area contributed by atoms with Crippen LogP contribution in [0.25, 0.3) is 0 Å². The number of halogens is 1. The maximum Gasteiger partial charge on any atom is 0.303 e. The van der Waals surface area contributed by atoms with E-state index in [0.29, 0.717) is 6.42 Å². The van der Waals surface area contributed by atoms with Crippen molar-refractivity contribution in [1.29, 1.82) is 0 Å². The molecule has 3 N–H and O–H groups in total. The quantitative estimate of drug-likeness (QED) is 0.674. The van der Waals surface area contributed by atoms with Crippen molar-refractivity contribution in [3.8, 4) is 0 Å². The molecule has 0 spiro atoms. The first-order valence-electron chi connectivity index (χ1n) is 3.64. The Morgan fingerprint density at radius 2 is 2.09 bits per heavy atom. The highest BCUT2D eigenvalue weighted by molar-refractivity contribution is 5.85. The molecular weight excluding hydrogens is 166 g/mol. The highest BCUT2D eigenvalue weighted by Gasteiger charge is 2.03. The topological polar surface area (TPSA) is 63.3 Å². The SMILES string of the molecule is CCCC(N)CCC(=O)O.Cl. The lowest BCUT2D eigenvalue weighted by molar-refractivity contribution is -0.137. The molecule has 0 saturated heterocycles. The first kappa shape index (κ1) is 13.3. The van der Waals surface area contributed by atoms with Crippen LogP contribution in [0.15, 0.2) is 0 Å². The Kier molecular flexibility index (Phi) is 9.47. The molecule has 3 nitrogen and oxygen atoms in total. The molecule has 4 heteroatoms. The number of hydrogen-bond donors (Lipinski definition) is 2. The summed E-state index contributed by atoms with van der Waals surface area (Å²) in [4.78, 5) is 10.1. The minimum absolute atomic E-state index is 0. The Balaban J connectivity index is 0. The van der Waals surface area contributed by atoms with Gasteiger partial charge in [0.1, 0.15) is 0 Å². The molecule has 1 unspecified atom stereocenters. The normalized spacial score (nSPS) is 11.8. The van der Waals surface area contributed by atoms with E-state index in [1.807, 2.05) is 6.92 Å². The van der Waals surface area contributed by atoms with Gasteiger partial charge in [-0.15, -0.1) is 12.4 Å². The van der Waals surface area contributed by atoms with Crippen LogP contribution in [0.4, 0.5) is 0 Å². The average molecular weight is 182 g/mol. The zero-order valence-electron chi connectivity index (χ0n) is 6.75. The van der Waals surface area contributed by atoms with Gasteiger partial charge in [-0.3, -0.25) is 4.79 Å². The summed E-state index contributed by atoms with van der Waals surface area (Å²) in [6, 6.07) is 0.0705. The first-order valence-corrected chi connectivity index (χ1v) is 3.64. The third-order valence-corrected chi connectivity index (χ3v) is 1.39. The third kappa shape index (κ3) is 9.72. The summed E-state index contributed by atoms with van der Waals surface area (Å²) >= 11 is 0. The fraction of sp³-hybridized carbons (Fsp3) is 0.857. The van der Waals surface area contributed by atoms with Crippen LogP contribution in [0.5, 0.6) is 0 Å². The molecule has 0 aromatic heterocycles. The lowest BCUT2D eigenvalue weighted by Gasteiger charge is -2.06. The summed E-state index contributed by atoms with van der Waals surface area (Å²) in [6.07, 6.45) is 2.75. The van der Waals surface area contributed by atoms with E-state index in [0.717, 1.165) is 12.8 Å². The summed E-state index contributed by atoms with van der Waals surface area (Å²) in [7, 11) is 0. The number of carbonyl (C=O) groups is 1. The van der Waals surface area contributed by atoms with E-state index in [9.17, 15) is 4.79 Å². The van der Waals surface area contributed by atoms with Gasteiger partial charge < -0.3 is 10.8 Å². The number of rotatable bonds is 5. The summed E-state index contributed by atoms with van der Waals surface area (Å²) in [5, 5.41) is 8.28. The van der Waals surface area contributed by atoms with Crippen molar-refractivity contribution in [3.05, 3.63) is 0 Å². The van der Waals surface area contributed by atoms with E-state index in [4.69, 9.17) is 10.8 Å². The maximum absolute atomic E-state index is 10.1. The smallest absolute Gasteiger partial charge is 0.303 e. The lowest BCUT2D eigenvalue weighted by atomic mass is 10.1. The van der Waals surface area contributed by atoms with Crippen LogP contribution >= 0.6 is 12.4 Å². The molecule has 0 aliphatic rings. The van der Waals surface area contributed by atoms with E-state index in [1.165, 1.54) is 0 Å². The van der Waals surface area contributed by atoms with Gasteiger partial charge in [0.05, 0.1) is 0 Å². The molecule has 0 aliphatic carbocycles. The average Bonchev–Trinajstić information content (AvgIpc) is 1.85. The van der Waals surface area contributed by atoms with Crippen LogP contribution in [0.3, 0.4) is 0 Å². The fourth-order valence-electron chi connectivity index (χ4n) is 0.824. The van der Waals surface area contributed by atoms with Crippen molar-refractivity contribution in [2.75, 3.05) is 0 Å². The molecular formula is C7H16ClNO2.